The summed E-state index contributed by atoms with van der Waals surface area (Å²) in [4.78, 5) is 17.5. The van der Waals surface area contributed by atoms with Gasteiger partial charge in [-0.25, -0.2) is 0 Å². The molecule has 0 bridgehead atoms. The summed E-state index contributed by atoms with van der Waals surface area (Å²) in [5, 5.41) is 4.78. The zero-order chi connectivity index (χ0) is 20.5. The molecule has 0 radical (unpaired) electrons. The maximum absolute atomic E-state index is 13.1. The van der Waals surface area contributed by atoms with Crippen molar-refractivity contribution in [1.29, 1.82) is 0 Å². The molecule has 0 spiro atoms. The number of carbonyl (C=O) groups excluding carboxylic acids is 1. The molecule has 6 heteroatoms. The lowest BCUT2D eigenvalue weighted by molar-refractivity contribution is 0.0943. The van der Waals surface area contributed by atoms with Crippen LogP contribution in [-0.2, 0) is 5.41 Å². The van der Waals surface area contributed by atoms with Crippen molar-refractivity contribution in [2.45, 2.75) is 46.1 Å². The van der Waals surface area contributed by atoms with Gasteiger partial charge < -0.3 is 4.74 Å². The first-order valence-corrected chi connectivity index (χ1v) is 9.58. The van der Waals surface area contributed by atoms with Crippen LogP contribution in [0.5, 0.6) is 6.01 Å². The molecule has 0 saturated heterocycles. The lowest BCUT2D eigenvalue weighted by Crippen LogP contribution is -2.16. The summed E-state index contributed by atoms with van der Waals surface area (Å²) < 4.78 is 6.90. The van der Waals surface area contributed by atoms with Gasteiger partial charge in [0.15, 0.2) is 5.82 Å². The van der Waals surface area contributed by atoms with Crippen LogP contribution in [0.15, 0.2) is 48.5 Å². The SMILES string of the molecule is CC(C)Oc1nc(-c2ccc(C(C)(C)C)cc2)n(C(=O)c2cccc(Cl)c2)n1. The Bertz CT molecular complexity index is 986. The Labute approximate surface area is 170 Å². The lowest BCUT2D eigenvalue weighted by atomic mass is 9.87. The number of rotatable bonds is 4. The van der Waals surface area contributed by atoms with Crippen molar-refractivity contribution in [2.24, 2.45) is 0 Å². The lowest BCUT2D eigenvalue weighted by Gasteiger charge is -2.19. The molecule has 0 aliphatic heterocycles. The molecule has 0 fully saturated rings. The Morgan fingerprint density at radius 1 is 1.11 bits per heavy atom. The van der Waals surface area contributed by atoms with E-state index in [2.05, 4.69) is 30.9 Å². The molecular weight excluding hydrogens is 374 g/mol. The minimum absolute atomic E-state index is 0.0364. The van der Waals surface area contributed by atoms with Crippen molar-refractivity contribution in [3.63, 3.8) is 0 Å². The summed E-state index contributed by atoms with van der Waals surface area (Å²) in [5.41, 5.74) is 2.45. The molecule has 5 nitrogen and oxygen atoms in total. The molecule has 146 valence electrons. The molecule has 0 unspecified atom stereocenters. The molecular formula is C22H24ClN3O2. The fraction of sp³-hybridized carbons (Fsp3) is 0.318. The molecule has 0 N–H and O–H groups in total. The van der Waals surface area contributed by atoms with E-state index in [9.17, 15) is 4.79 Å². The molecule has 0 saturated carbocycles. The number of aromatic nitrogens is 3. The molecule has 3 rings (SSSR count). The summed E-state index contributed by atoms with van der Waals surface area (Å²) >= 11 is 6.05. The fourth-order valence-corrected chi connectivity index (χ4v) is 2.94. The largest absolute Gasteiger partial charge is 0.460 e. The minimum atomic E-state index is -0.316. The van der Waals surface area contributed by atoms with E-state index in [1.165, 1.54) is 10.2 Å². The summed E-state index contributed by atoms with van der Waals surface area (Å²) in [6, 6.07) is 14.9. The highest BCUT2D eigenvalue weighted by Crippen LogP contribution is 2.27. The van der Waals surface area contributed by atoms with Crippen LogP contribution in [0.2, 0.25) is 5.02 Å². The molecule has 3 aromatic rings. The Morgan fingerprint density at radius 2 is 1.79 bits per heavy atom. The molecule has 0 aliphatic carbocycles. The first-order chi connectivity index (χ1) is 13.1. The zero-order valence-electron chi connectivity index (χ0n) is 16.7. The average Bonchev–Trinajstić information content (AvgIpc) is 3.03. The van der Waals surface area contributed by atoms with Gasteiger partial charge in [0.2, 0.25) is 0 Å². The summed E-state index contributed by atoms with van der Waals surface area (Å²) in [5.74, 6) is 0.115. The monoisotopic (exact) mass is 397 g/mol. The second kappa shape index (κ2) is 7.76. The third kappa shape index (κ3) is 4.42. The molecule has 0 aliphatic rings. The molecule has 1 aromatic heterocycles. The molecule has 2 aromatic carbocycles. The van der Waals surface area contributed by atoms with E-state index in [0.29, 0.717) is 16.4 Å². The van der Waals surface area contributed by atoms with Gasteiger partial charge in [0.1, 0.15) is 0 Å². The summed E-state index contributed by atoms with van der Waals surface area (Å²) in [6.45, 7) is 10.2. The highest BCUT2D eigenvalue weighted by Gasteiger charge is 2.21. The van der Waals surface area contributed by atoms with E-state index in [1.807, 2.05) is 38.1 Å². The predicted octanol–water partition coefficient (Wildman–Crippen LogP) is 5.37. The zero-order valence-corrected chi connectivity index (χ0v) is 17.5. The van der Waals surface area contributed by atoms with E-state index < -0.39 is 0 Å². The Morgan fingerprint density at radius 3 is 2.36 bits per heavy atom. The highest BCUT2D eigenvalue weighted by atomic mass is 35.5. The quantitative estimate of drug-likeness (QED) is 0.593. The van der Waals surface area contributed by atoms with Gasteiger partial charge in [0.25, 0.3) is 5.91 Å². The van der Waals surface area contributed by atoms with Crippen LogP contribution in [-0.4, -0.2) is 26.8 Å². The minimum Gasteiger partial charge on any atom is -0.460 e. The van der Waals surface area contributed by atoms with Gasteiger partial charge in [-0.05, 0) is 43.0 Å². The van der Waals surface area contributed by atoms with Crippen LogP contribution in [0.4, 0.5) is 0 Å². The fourth-order valence-electron chi connectivity index (χ4n) is 2.75. The van der Waals surface area contributed by atoms with Crippen molar-refractivity contribution in [1.82, 2.24) is 14.8 Å². The number of halogens is 1. The number of ether oxygens (including phenoxy) is 1. The summed E-state index contributed by atoms with van der Waals surface area (Å²) in [7, 11) is 0. The van der Waals surface area contributed by atoms with Gasteiger partial charge >= 0.3 is 6.01 Å². The second-order valence-corrected chi connectivity index (χ2v) is 8.38. The number of hydrogen-bond donors (Lipinski definition) is 0. The first kappa shape index (κ1) is 20.1. The van der Waals surface area contributed by atoms with E-state index in [-0.39, 0.29) is 23.4 Å². The van der Waals surface area contributed by atoms with Gasteiger partial charge in [-0.3, -0.25) is 4.79 Å². The number of hydrogen-bond acceptors (Lipinski definition) is 4. The molecule has 28 heavy (non-hydrogen) atoms. The van der Waals surface area contributed by atoms with E-state index in [1.54, 1.807) is 24.3 Å². The topological polar surface area (TPSA) is 57.0 Å². The van der Waals surface area contributed by atoms with Gasteiger partial charge in [-0.2, -0.15) is 9.67 Å². The van der Waals surface area contributed by atoms with Gasteiger partial charge in [0, 0.05) is 16.1 Å². The Balaban J connectivity index is 2.06. The Hall–Kier alpha value is -2.66. The maximum Gasteiger partial charge on any atom is 0.336 e. The second-order valence-electron chi connectivity index (χ2n) is 7.94. The van der Waals surface area contributed by atoms with Crippen LogP contribution in [0.25, 0.3) is 11.4 Å². The Kier molecular flexibility index (Phi) is 5.57. The van der Waals surface area contributed by atoms with Gasteiger partial charge in [-0.15, -0.1) is 5.10 Å². The van der Waals surface area contributed by atoms with E-state index >= 15 is 0 Å². The average molecular weight is 398 g/mol. The molecule has 1 heterocycles. The highest BCUT2D eigenvalue weighted by molar-refractivity contribution is 6.31. The van der Waals surface area contributed by atoms with E-state index in [0.717, 1.165) is 5.56 Å². The molecule has 0 amide bonds. The van der Waals surface area contributed by atoms with Gasteiger partial charge in [0.05, 0.1) is 6.10 Å². The van der Waals surface area contributed by atoms with Crippen molar-refractivity contribution in [3.05, 3.63) is 64.7 Å². The third-order valence-electron chi connectivity index (χ3n) is 4.20. The van der Waals surface area contributed by atoms with Crippen LogP contribution in [0, 0.1) is 0 Å². The van der Waals surface area contributed by atoms with E-state index in [4.69, 9.17) is 16.3 Å². The maximum atomic E-state index is 13.1. The van der Waals surface area contributed by atoms with Gasteiger partial charge in [-0.1, -0.05) is 62.7 Å². The van der Waals surface area contributed by atoms with Crippen LogP contribution >= 0.6 is 11.6 Å². The van der Waals surface area contributed by atoms with Crippen molar-refractivity contribution in [2.75, 3.05) is 0 Å². The van der Waals surface area contributed by atoms with Crippen molar-refractivity contribution in [3.8, 4) is 17.4 Å². The normalized spacial score (nSPS) is 11.7. The summed E-state index contributed by atoms with van der Waals surface area (Å²) in [6.07, 6.45) is -0.103. The smallest absolute Gasteiger partial charge is 0.336 e. The third-order valence-corrected chi connectivity index (χ3v) is 4.44. The number of benzene rings is 2. The number of nitrogens with zero attached hydrogens (tertiary/aromatic N) is 3. The van der Waals surface area contributed by atoms with Crippen molar-refractivity contribution < 1.29 is 9.53 Å². The van der Waals surface area contributed by atoms with Crippen LogP contribution in [0.3, 0.4) is 0 Å². The predicted molar refractivity (Wildman–Crippen MR) is 111 cm³/mol. The molecule has 0 atom stereocenters. The van der Waals surface area contributed by atoms with Crippen LogP contribution < -0.4 is 4.74 Å². The first-order valence-electron chi connectivity index (χ1n) is 9.20. The standard InChI is InChI=1S/C22H24ClN3O2/c1-14(2)28-21-24-19(15-9-11-17(12-10-15)22(3,4)5)26(25-21)20(27)16-7-6-8-18(23)13-16/h6-14H,1-5H3. The number of carbonyl (C=O) groups is 1. The van der Waals surface area contributed by atoms with Crippen LogP contribution in [0.1, 0.15) is 50.5 Å². The van der Waals surface area contributed by atoms with Crippen molar-refractivity contribution >= 4 is 17.5 Å².